The van der Waals surface area contributed by atoms with E-state index in [4.69, 9.17) is 9.26 Å². The largest absolute Gasteiger partial charge is 0.388 e. The molecule has 3 atom stereocenters. The van der Waals surface area contributed by atoms with Crippen molar-refractivity contribution in [2.45, 2.75) is 44.4 Å². The standard InChI is InChI=1S/C18H22N2O4/c1-11-6-8-12(9-7-11)16-10-14(20-24-16)18(22)19-13-4-3-5-15(23-2)17(13)21/h6-10,13,15,17,21H,3-5H2,1-2H3,(H,19,22)/t13-,15-,17-/m1/s1. The fourth-order valence-electron chi connectivity index (χ4n) is 3.03. The van der Waals surface area contributed by atoms with E-state index in [1.807, 2.05) is 31.2 Å². The minimum Gasteiger partial charge on any atom is -0.388 e. The van der Waals surface area contributed by atoms with Crippen molar-refractivity contribution < 1.29 is 19.2 Å². The Kier molecular flexibility index (Phi) is 4.97. The van der Waals surface area contributed by atoms with Crippen LogP contribution < -0.4 is 5.32 Å². The molecule has 0 bridgehead atoms. The van der Waals surface area contributed by atoms with E-state index in [1.54, 1.807) is 13.2 Å². The van der Waals surface area contributed by atoms with Crippen LogP contribution in [0.25, 0.3) is 11.3 Å². The number of carbonyl (C=O) groups is 1. The monoisotopic (exact) mass is 330 g/mol. The van der Waals surface area contributed by atoms with Crippen molar-refractivity contribution in [1.29, 1.82) is 0 Å². The molecule has 128 valence electrons. The molecule has 0 aliphatic heterocycles. The second-order valence-corrected chi connectivity index (χ2v) is 6.22. The molecular formula is C18H22N2O4. The van der Waals surface area contributed by atoms with Gasteiger partial charge in [0, 0.05) is 18.7 Å². The number of amides is 1. The van der Waals surface area contributed by atoms with Crippen LogP contribution in [0, 0.1) is 6.92 Å². The Hall–Kier alpha value is -2.18. The lowest BCUT2D eigenvalue weighted by Crippen LogP contribution is -2.51. The van der Waals surface area contributed by atoms with Crippen molar-refractivity contribution in [3.8, 4) is 11.3 Å². The summed E-state index contributed by atoms with van der Waals surface area (Å²) in [6.07, 6.45) is 1.45. The lowest BCUT2D eigenvalue weighted by Gasteiger charge is -2.34. The van der Waals surface area contributed by atoms with Crippen molar-refractivity contribution in [3.05, 3.63) is 41.6 Å². The van der Waals surface area contributed by atoms with E-state index in [1.165, 1.54) is 0 Å². The summed E-state index contributed by atoms with van der Waals surface area (Å²) in [7, 11) is 1.57. The van der Waals surface area contributed by atoms with Crippen molar-refractivity contribution in [3.63, 3.8) is 0 Å². The van der Waals surface area contributed by atoms with Gasteiger partial charge in [-0.25, -0.2) is 0 Å². The number of aliphatic hydroxyl groups excluding tert-OH is 1. The maximum absolute atomic E-state index is 12.4. The van der Waals surface area contributed by atoms with Gasteiger partial charge in [0.25, 0.3) is 5.91 Å². The van der Waals surface area contributed by atoms with E-state index in [2.05, 4.69) is 10.5 Å². The second-order valence-electron chi connectivity index (χ2n) is 6.22. The van der Waals surface area contributed by atoms with E-state index in [0.717, 1.165) is 30.4 Å². The number of benzene rings is 1. The van der Waals surface area contributed by atoms with Gasteiger partial charge >= 0.3 is 0 Å². The molecule has 1 heterocycles. The van der Waals surface area contributed by atoms with Crippen LogP contribution in [0.3, 0.4) is 0 Å². The molecule has 0 spiro atoms. The fraction of sp³-hybridized carbons (Fsp3) is 0.444. The summed E-state index contributed by atoms with van der Waals surface area (Å²) in [4.78, 5) is 12.4. The molecule has 1 aromatic heterocycles. The molecule has 6 heteroatoms. The summed E-state index contributed by atoms with van der Waals surface area (Å²) in [6.45, 7) is 2.01. The van der Waals surface area contributed by atoms with Crippen LogP contribution in [0.15, 0.2) is 34.9 Å². The number of nitrogens with zero attached hydrogens (tertiary/aromatic N) is 1. The molecule has 1 aromatic carbocycles. The van der Waals surface area contributed by atoms with Gasteiger partial charge in [-0.05, 0) is 26.2 Å². The zero-order valence-corrected chi connectivity index (χ0v) is 13.9. The van der Waals surface area contributed by atoms with Gasteiger partial charge in [0.2, 0.25) is 0 Å². The quantitative estimate of drug-likeness (QED) is 0.898. The van der Waals surface area contributed by atoms with Crippen LogP contribution in [0.1, 0.15) is 35.3 Å². The first-order valence-electron chi connectivity index (χ1n) is 8.14. The molecule has 1 fully saturated rings. The Morgan fingerprint density at radius 3 is 2.79 bits per heavy atom. The summed E-state index contributed by atoms with van der Waals surface area (Å²) >= 11 is 0. The van der Waals surface area contributed by atoms with E-state index >= 15 is 0 Å². The fourth-order valence-corrected chi connectivity index (χ4v) is 3.03. The maximum Gasteiger partial charge on any atom is 0.273 e. The van der Waals surface area contributed by atoms with E-state index in [-0.39, 0.29) is 23.7 Å². The molecule has 0 saturated heterocycles. The molecule has 2 N–H and O–H groups in total. The Labute approximate surface area is 140 Å². The van der Waals surface area contributed by atoms with Gasteiger partial charge in [0.05, 0.1) is 12.1 Å². The highest BCUT2D eigenvalue weighted by atomic mass is 16.5. The molecular weight excluding hydrogens is 308 g/mol. The molecule has 3 rings (SSSR count). The molecule has 1 aliphatic carbocycles. The Bertz CT molecular complexity index is 695. The predicted molar refractivity (Wildman–Crippen MR) is 88.6 cm³/mol. The van der Waals surface area contributed by atoms with Gasteiger partial charge in [-0.2, -0.15) is 0 Å². The first kappa shape index (κ1) is 16.7. The molecule has 1 saturated carbocycles. The van der Waals surface area contributed by atoms with E-state index in [9.17, 15) is 9.90 Å². The maximum atomic E-state index is 12.4. The minimum absolute atomic E-state index is 0.206. The predicted octanol–water partition coefficient (Wildman–Crippen LogP) is 2.31. The highest BCUT2D eigenvalue weighted by Gasteiger charge is 2.33. The minimum atomic E-state index is -0.712. The Morgan fingerprint density at radius 2 is 2.08 bits per heavy atom. The lowest BCUT2D eigenvalue weighted by molar-refractivity contribution is -0.0513. The third kappa shape index (κ3) is 3.49. The number of aromatic nitrogens is 1. The van der Waals surface area contributed by atoms with Crippen molar-refractivity contribution in [2.75, 3.05) is 7.11 Å². The van der Waals surface area contributed by atoms with Crippen molar-refractivity contribution in [1.82, 2.24) is 10.5 Å². The number of methoxy groups -OCH3 is 1. The molecule has 1 amide bonds. The third-order valence-corrected chi connectivity index (χ3v) is 4.50. The smallest absolute Gasteiger partial charge is 0.273 e. The third-order valence-electron chi connectivity index (χ3n) is 4.50. The van der Waals surface area contributed by atoms with Crippen LogP contribution in [0.5, 0.6) is 0 Å². The first-order valence-corrected chi connectivity index (χ1v) is 8.14. The van der Waals surface area contributed by atoms with Gasteiger partial charge in [0.15, 0.2) is 11.5 Å². The topological polar surface area (TPSA) is 84.6 Å². The number of hydrogen-bond donors (Lipinski definition) is 2. The number of nitrogens with one attached hydrogen (secondary N) is 1. The van der Waals surface area contributed by atoms with Gasteiger partial charge in [-0.3, -0.25) is 4.79 Å². The molecule has 2 aromatic rings. The average Bonchev–Trinajstić information content (AvgIpc) is 3.07. The SMILES string of the molecule is CO[C@@H]1CCC[C@@H](NC(=O)c2cc(-c3ccc(C)cc3)on2)[C@H]1O. The van der Waals surface area contributed by atoms with Gasteiger partial charge < -0.3 is 19.7 Å². The van der Waals surface area contributed by atoms with E-state index in [0.29, 0.717) is 5.76 Å². The van der Waals surface area contributed by atoms with Gasteiger partial charge in [-0.15, -0.1) is 0 Å². The van der Waals surface area contributed by atoms with Crippen LogP contribution in [0.4, 0.5) is 0 Å². The average molecular weight is 330 g/mol. The summed E-state index contributed by atoms with van der Waals surface area (Å²) < 4.78 is 10.5. The highest BCUT2D eigenvalue weighted by molar-refractivity contribution is 5.93. The van der Waals surface area contributed by atoms with E-state index < -0.39 is 6.10 Å². The number of rotatable bonds is 4. The normalized spacial score (nSPS) is 23.9. The zero-order chi connectivity index (χ0) is 17.1. The first-order chi connectivity index (χ1) is 11.6. The number of hydrogen-bond acceptors (Lipinski definition) is 5. The van der Waals surface area contributed by atoms with Crippen molar-refractivity contribution in [2.24, 2.45) is 0 Å². The molecule has 1 aliphatic rings. The van der Waals surface area contributed by atoms with Crippen LogP contribution in [-0.2, 0) is 4.74 Å². The number of aryl methyl sites for hydroxylation is 1. The Morgan fingerprint density at radius 1 is 1.33 bits per heavy atom. The van der Waals surface area contributed by atoms with Crippen molar-refractivity contribution >= 4 is 5.91 Å². The zero-order valence-electron chi connectivity index (χ0n) is 13.9. The molecule has 24 heavy (non-hydrogen) atoms. The summed E-state index contributed by atoms with van der Waals surface area (Å²) in [5, 5.41) is 16.9. The lowest BCUT2D eigenvalue weighted by atomic mass is 9.90. The van der Waals surface area contributed by atoms with Gasteiger partial charge in [0.1, 0.15) is 6.10 Å². The number of aliphatic hydroxyl groups is 1. The number of ether oxygens (including phenoxy) is 1. The Balaban J connectivity index is 1.68. The summed E-state index contributed by atoms with van der Waals surface area (Å²) in [6, 6.07) is 9.07. The second kappa shape index (κ2) is 7.15. The van der Waals surface area contributed by atoms with Crippen LogP contribution in [0.2, 0.25) is 0 Å². The summed E-state index contributed by atoms with van der Waals surface area (Å²) in [5.74, 6) is 0.192. The molecule has 0 radical (unpaired) electrons. The van der Waals surface area contributed by atoms with Gasteiger partial charge in [-0.1, -0.05) is 35.0 Å². The highest BCUT2D eigenvalue weighted by Crippen LogP contribution is 2.23. The number of carbonyl (C=O) groups excluding carboxylic acids is 1. The summed E-state index contributed by atoms with van der Waals surface area (Å²) in [5.41, 5.74) is 2.22. The van der Waals surface area contributed by atoms with Crippen LogP contribution >= 0.6 is 0 Å². The molecule has 6 nitrogen and oxygen atoms in total. The molecule has 0 unspecified atom stereocenters. The van der Waals surface area contributed by atoms with Crippen LogP contribution in [-0.4, -0.2) is 41.5 Å².